The summed E-state index contributed by atoms with van der Waals surface area (Å²) in [5.41, 5.74) is 0. The summed E-state index contributed by atoms with van der Waals surface area (Å²) in [6.45, 7) is 8.65. The standard InChI is InChI=1S/C12H26O6Si/c1-4-15-19(16-5-2,17-6-3)9-7-8-14-10-11-12(13)18-11/h11-13H,4-10H2,1-3H3. The van der Waals surface area contributed by atoms with Crippen LogP contribution in [0.2, 0.25) is 6.04 Å². The molecule has 0 radical (unpaired) electrons. The van der Waals surface area contributed by atoms with Gasteiger partial charge in [-0.05, 0) is 27.2 Å². The molecule has 114 valence electrons. The first-order valence-electron chi connectivity index (χ1n) is 7.00. The maximum absolute atomic E-state index is 8.97. The second kappa shape index (κ2) is 9.01. The van der Waals surface area contributed by atoms with Crippen LogP contribution < -0.4 is 0 Å². The molecule has 1 heterocycles. The third kappa shape index (κ3) is 6.31. The Kier molecular flexibility index (Phi) is 8.08. The molecule has 1 saturated heterocycles. The third-order valence-electron chi connectivity index (χ3n) is 2.70. The van der Waals surface area contributed by atoms with Gasteiger partial charge >= 0.3 is 8.80 Å². The van der Waals surface area contributed by atoms with Crippen LogP contribution in [-0.4, -0.2) is 59.3 Å². The monoisotopic (exact) mass is 294 g/mol. The largest absolute Gasteiger partial charge is 0.501 e. The zero-order valence-electron chi connectivity index (χ0n) is 12.1. The molecule has 0 aliphatic carbocycles. The Morgan fingerprint density at radius 3 is 2.00 bits per heavy atom. The van der Waals surface area contributed by atoms with E-state index < -0.39 is 15.1 Å². The van der Waals surface area contributed by atoms with Crippen molar-refractivity contribution in [2.24, 2.45) is 0 Å². The van der Waals surface area contributed by atoms with Crippen molar-refractivity contribution in [2.75, 3.05) is 33.0 Å². The molecule has 1 rings (SSSR count). The summed E-state index contributed by atoms with van der Waals surface area (Å²) in [5.74, 6) is 0. The molecule has 0 aromatic rings. The third-order valence-corrected chi connectivity index (χ3v) is 5.85. The van der Waals surface area contributed by atoms with Gasteiger partial charge in [0.1, 0.15) is 6.10 Å². The first-order valence-corrected chi connectivity index (χ1v) is 8.93. The Morgan fingerprint density at radius 2 is 1.58 bits per heavy atom. The maximum Gasteiger partial charge on any atom is 0.501 e. The van der Waals surface area contributed by atoms with E-state index in [1.807, 2.05) is 20.8 Å². The summed E-state index contributed by atoms with van der Waals surface area (Å²) >= 11 is 0. The van der Waals surface area contributed by atoms with E-state index in [-0.39, 0.29) is 6.10 Å². The molecule has 2 unspecified atom stereocenters. The molecule has 0 aromatic carbocycles. The second-order valence-electron chi connectivity index (χ2n) is 4.23. The van der Waals surface area contributed by atoms with Gasteiger partial charge in [0, 0.05) is 32.5 Å². The molecule has 1 aliphatic heterocycles. The molecule has 1 aliphatic rings. The Labute approximate surface area is 116 Å². The van der Waals surface area contributed by atoms with Gasteiger partial charge in [-0.15, -0.1) is 0 Å². The van der Waals surface area contributed by atoms with Crippen molar-refractivity contribution in [1.82, 2.24) is 0 Å². The minimum Gasteiger partial charge on any atom is -0.379 e. The minimum absolute atomic E-state index is 0.146. The summed E-state index contributed by atoms with van der Waals surface area (Å²) < 4.78 is 27.5. The first kappa shape index (κ1) is 17.0. The molecule has 0 spiro atoms. The van der Waals surface area contributed by atoms with Crippen LogP contribution in [0, 0.1) is 0 Å². The molecule has 1 N–H and O–H groups in total. The SMILES string of the molecule is CCO[Si](CCCOCC1OC1O)(OCC)OCC. The van der Waals surface area contributed by atoms with Crippen LogP contribution >= 0.6 is 0 Å². The van der Waals surface area contributed by atoms with Crippen molar-refractivity contribution in [3.63, 3.8) is 0 Å². The Morgan fingerprint density at radius 1 is 1.05 bits per heavy atom. The molecule has 19 heavy (non-hydrogen) atoms. The van der Waals surface area contributed by atoms with Gasteiger partial charge in [-0.1, -0.05) is 0 Å². The Hall–Kier alpha value is -0.0231. The maximum atomic E-state index is 8.97. The van der Waals surface area contributed by atoms with E-state index in [1.54, 1.807) is 0 Å². The Balaban J connectivity index is 2.21. The fourth-order valence-electron chi connectivity index (χ4n) is 1.85. The predicted molar refractivity (Wildman–Crippen MR) is 71.8 cm³/mol. The van der Waals surface area contributed by atoms with Crippen LogP contribution in [0.4, 0.5) is 0 Å². The van der Waals surface area contributed by atoms with Crippen LogP contribution in [0.3, 0.4) is 0 Å². The number of rotatable bonds is 12. The molecule has 0 saturated carbocycles. The summed E-state index contributed by atoms with van der Waals surface area (Å²) in [7, 11) is -2.53. The molecule has 0 aromatic heterocycles. The van der Waals surface area contributed by atoms with Crippen LogP contribution in [-0.2, 0) is 22.8 Å². The van der Waals surface area contributed by atoms with Gasteiger partial charge in [-0.3, -0.25) is 0 Å². The van der Waals surface area contributed by atoms with E-state index in [9.17, 15) is 0 Å². The van der Waals surface area contributed by atoms with Gasteiger partial charge in [0.05, 0.1) is 6.61 Å². The van der Waals surface area contributed by atoms with Gasteiger partial charge in [0.25, 0.3) is 0 Å². The Bertz CT molecular complexity index is 223. The normalized spacial score (nSPS) is 22.7. The van der Waals surface area contributed by atoms with Crippen molar-refractivity contribution in [2.45, 2.75) is 45.6 Å². The van der Waals surface area contributed by atoms with Crippen LogP contribution in [0.25, 0.3) is 0 Å². The smallest absolute Gasteiger partial charge is 0.379 e. The summed E-state index contributed by atoms with van der Waals surface area (Å²) in [5, 5.41) is 8.97. The molecule has 1 fully saturated rings. The van der Waals surface area contributed by atoms with Crippen molar-refractivity contribution < 1.29 is 27.9 Å². The predicted octanol–water partition coefficient (Wildman–Crippen LogP) is 1.16. The fraction of sp³-hybridized carbons (Fsp3) is 1.00. The number of aliphatic hydroxyl groups excluding tert-OH is 1. The minimum atomic E-state index is -2.53. The highest BCUT2D eigenvalue weighted by molar-refractivity contribution is 6.60. The van der Waals surface area contributed by atoms with Crippen molar-refractivity contribution in [3.8, 4) is 0 Å². The van der Waals surface area contributed by atoms with Crippen molar-refractivity contribution in [1.29, 1.82) is 0 Å². The van der Waals surface area contributed by atoms with Crippen LogP contribution in [0.5, 0.6) is 0 Å². The summed E-state index contributed by atoms with van der Waals surface area (Å²) in [6.07, 6.45) is 0.0334. The van der Waals surface area contributed by atoms with Gasteiger partial charge in [-0.2, -0.15) is 0 Å². The van der Waals surface area contributed by atoms with Crippen molar-refractivity contribution >= 4 is 8.80 Å². The second-order valence-corrected chi connectivity index (χ2v) is 6.96. The number of ether oxygens (including phenoxy) is 2. The van der Waals surface area contributed by atoms with Crippen molar-refractivity contribution in [3.05, 3.63) is 0 Å². The van der Waals surface area contributed by atoms with E-state index in [0.717, 1.165) is 12.5 Å². The van der Waals surface area contributed by atoms with Gasteiger partial charge in [0.2, 0.25) is 0 Å². The lowest BCUT2D eigenvalue weighted by Crippen LogP contribution is -2.46. The average molecular weight is 294 g/mol. The number of hydrogen-bond acceptors (Lipinski definition) is 6. The van der Waals surface area contributed by atoms with E-state index >= 15 is 0 Å². The lowest BCUT2D eigenvalue weighted by Gasteiger charge is -2.28. The number of epoxide rings is 1. The average Bonchev–Trinajstić information content (AvgIpc) is 3.06. The highest BCUT2D eigenvalue weighted by Crippen LogP contribution is 2.20. The highest BCUT2D eigenvalue weighted by atomic mass is 28.4. The van der Waals surface area contributed by atoms with Gasteiger partial charge < -0.3 is 27.9 Å². The highest BCUT2D eigenvalue weighted by Gasteiger charge is 2.40. The van der Waals surface area contributed by atoms with E-state index in [1.165, 1.54) is 0 Å². The lowest BCUT2D eigenvalue weighted by molar-refractivity contribution is 0.0648. The lowest BCUT2D eigenvalue weighted by atomic mass is 10.5. The quantitative estimate of drug-likeness (QED) is 0.331. The number of hydrogen-bond donors (Lipinski definition) is 1. The molecular weight excluding hydrogens is 268 g/mol. The van der Waals surface area contributed by atoms with E-state index in [2.05, 4.69) is 0 Å². The molecular formula is C12H26O6Si. The topological polar surface area (TPSA) is 69.7 Å². The molecule has 2 atom stereocenters. The van der Waals surface area contributed by atoms with Crippen LogP contribution in [0.1, 0.15) is 27.2 Å². The summed E-state index contributed by atoms with van der Waals surface area (Å²) in [6, 6.07) is 0.747. The zero-order valence-corrected chi connectivity index (χ0v) is 13.1. The summed E-state index contributed by atoms with van der Waals surface area (Å²) in [4.78, 5) is 0. The van der Waals surface area contributed by atoms with E-state index in [4.69, 9.17) is 27.9 Å². The van der Waals surface area contributed by atoms with Crippen LogP contribution in [0.15, 0.2) is 0 Å². The first-order chi connectivity index (χ1) is 9.17. The fourth-order valence-corrected chi connectivity index (χ4v) is 4.43. The molecule has 6 nitrogen and oxygen atoms in total. The number of aliphatic hydroxyl groups is 1. The molecule has 7 heteroatoms. The zero-order chi connectivity index (χ0) is 14.1. The van der Waals surface area contributed by atoms with Gasteiger partial charge in [-0.25, -0.2) is 0 Å². The molecule has 0 bridgehead atoms. The molecule has 0 amide bonds. The van der Waals surface area contributed by atoms with Gasteiger partial charge in [0.15, 0.2) is 6.29 Å². The van der Waals surface area contributed by atoms with E-state index in [0.29, 0.717) is 33.0 Å².